The van der Waals surface area contributed by atoms with Crippen molar-refractivity contribution < 1.29 is 4.42 Å². The predicted molar refractivity (Wildman–Crippen MR) is 84.5 cm³/mol. The van der Waals surface area contributed by atoms with Gasteiger partial charge in [0.05, 0.1) is 17.8 Å². The van der Waals surface area contributed by atoms with Crippen LogP contribution in [0.2, 0.25) is 0 Å². The lowest BCUT2D eigenvalue weighted by Gasteiger charge is -2.25. The van der Waals surface area contributed by atoms with Crippen LogP contribution in [0, 0.1) is 6.92 Å². The second-order valence-corrected chi connectivity index (χ2v) is 6.70. The van der Waals surface area contributed by atoms with E-state index in [9.17, 15) is 0 Å². The molecule has 0 radical (unpaired) electrons. The summed E-state index contributed by atoms with van der Waals surface area (Å²) in [5.41, 5.74) is 0. The van der Waals surface area contributed by atoms with Crippen molar-refractivity contribution in [3.63, 3.8) is 0 Å². The molecule has 0 saturated carbocycles. The quantitative estimate of drug-likeness (QED) is 0.808. The molecule has 0 bridgehead atoms. The third kappa shape index (κ3) is 3.44. The third-order valence-corrected chi connectivity index (χ3v) is 4.91. The van der Waals surface area contributed by atoms with Crippen molar-refractivity contribution in [2.24, 2.45) is 0 Å². The first-order valence-electron chi connectivity index (χ1n) is 7.37. The number of rotatable bonds is 6. The van der Waals surface area contributed by atoms with E-state index in [1.54, 1.807) is 6.26 Å². The van der Waals surface area contributed by atoms with Gasteiger partial charge in [0, 0.05) is 18.0 Å². The molecule has 1 aliphatic rings. The molecule has 1 fully saturated rings. The zero-order valence-electron chi connectivity index (χ0n) is 12.0. The van der Waals surface area contributed by atoms with Crippen LogP contribution in [-0.4, -0.2) is 31.1 Å². The van der Waals surface area contributed by atoms with E-state index in [0.717, 1.165) is 25.4 Å². The van der Waals surface area contributed by atoms with E-state index in [0.29, 0.717) is 0 Å². The maximum atomic E-state index is 5.51. The fourth-order valence-electron chi connectivity index (χ4n) is 2.72. The normalized spacial score (nSPS) is 15.8. The lowest BCUT2D eigenvalue weighted by Crippen LogP contribution is -2.33. The van der Waals surface area contributed by atoms with Gasteiger partial charge in [-0.2, -0.15) is 0 Å². The SMILES string of the molecule is Cc1ccc(N(CCN2CCCC2)Cc2ccco2)s1. The highest BCUT2D eigenvalue weighted by Crippen LogP contribution is 2.27. The highest BCUT2D eigenvalue weighted by molar-refractivity contribution is 7.16. The van der Waals surface area contributed by atoms with Gasteiger partial charge in [0.15, 0.2) is 0 Å². The summed E-state index contributed by atoms with van der Waals surface area (Å²) in [6, 6.07) is 8.45. The molecule has 20 heavy (non-hydrogen) atoms. The summed E-state index contributed by atoms with van der Waals surface area (Å²) in [6.07, 6.45) is 4.47. The first-order chi connectivity index (χ1) is 9.81. The maximum Gasteiger partial charge on any atom is 0.123 e. The second-order valence-electron chi connectivity index (χ2n) is 5.43. The monoisotopic (exact) mass is 290 g/mol. The molecule has 2 aromatic rings. The average Bonchev–Trinajstić information content (AvgIpc) is 3.17. The Morgan fingerprint density at radius 1 is 1.25 bits per heavy atom. The lowest BCUT2D eigenvalue weighted by atomic mass is 10.3. The standard InChI is InChI=1S/C16H22N2OS/c1-14-6-7-16(20-14)18(13-15-5-4-12-19-15)11-10-17-8-2-3-9-17/h4-7,12H,2-3,8-11,13H2,1H3. The summed E-state index contributed by atoms with van der Waals surface area (Å²) in [4.78, 5) is 6.37. The number of furan rings is 1. The molecule has 3 rings (SSSR count). The Bertz CT molecular complexity index is 514. The Morgan fingerprint density at radius 3 is 2.75 bits per heavy atom. The van der Waals surface area contributed by atoms with Crippen molar-refractivity contribution >= 4 is 16.3 Å². The van der Waals surface area contributed by atoms with E-state index >= 15 is 0 Å². The van der Waals surface area contributed by atoms with Crippen LogP contribution in [0.25, 0.3) is 0 Å². The zero-order chi connectivity index (χ0) is 13.8. The Morgan fingerprint density at radius 2 is 2.10 bits per heavy atom. The van der Waals surface area contributed by atoms with Gasteiger partial charge in [0.1, 0.15) is 5.76 Å². The topological polar surface area (TPSA) is 19.6 Å². The van der Waals surface area contributed by atoms with Crippen LogP contribution < -0.4 is 4.90 Å². The van der Waals surface area contributed by atoms with Gasteiger partial charge in [-0.3, -0.25) is 0 Å². The summed E-state index contributed by atoms with van der Waals surface area (Å²) in [5.74, 6) is 1.04. The number of hydrogen-bond acceptors (Lipinski definition) is 4. The minimum atomic E-state index is 0.862. The van der Waals surface area contributed by atoms with Crippen LogP contribution in [0.5, 0.6) is 0 Å². The van der Waals surface area contributed by atoms with Gasteiger partial charge in [0.2, 0.25) is 0 Å². The van der Waals surface area contributed by atoms with Gasteiger partial charge in [-0.15, -0.1) is 11.3 Å². The highest BCUT2D eigenvalue weighted by Gasteiger charge is 2.15. The van der Waals surface area contributed by atoms with E-state index < -0.39 is 0 Å². The third-order valence-electron chi connectivity index (χ3n) is 3.85. The molecule has 4 heteroatoms. The van der Waals surface area contributed by atoms with Crippen molar-refractivity contribution in [3.8, 4) is 0 Å². The number of thiophene rings is 1. The number of nitrogens with zero attached hydrogens (tertiary/aromatic N) is 2. The number of anilines is 1. The largest absolute Gasteiger partial charge is 0.467 e. The minimum absolute atomic E-state index is 0.862. The smallest absolute Gasteiger partial charge is 0.123 e. The van der Waals surface area contributed by atoms with Crippen molar-refractivity contribution in [2.75, 3.05) is 31.1 Å². The summed E-state index contributed by atoms with van der Waals surface area (Å²) in [5, 5.41) is 1.35. The lowest BCUT2D eigenvalue weighted by molar-refractivity contribution is 0.343. The fraction of sp³-hybridized carbons (Fsp3) is 0.500. The molecule has 0 aromatic carbocycles. The van der Waals surface area contributed by atoms with E-state index in [1.165, 1.54) is 35.8 Å². The van der Waals surface area contributed by atoms with Gasteiger partial charge < -0.3 is 14.2 Å². The maximum absolute atomic E-state index is 5.51. The van der Waals surface area contributed by atoms with Crippen LogP contribution in [0.1, 0.15) is 23.5 Å². The number of hydrogen-bond donors (Lipinski definition) is 0. The molecule has 0 spiro atoms. The van der Waals surface area contributed by atoms with E-state index in [2.05, 4.69) is 34.9 Å². The molecule has 0 N–H and O–H groups in total. The van der Waals surface area contributed by atoms with E-state index in [4.69, 9.17) is 4.42 Å². The number of aryl methyl sites for hydroxylation is 1. The summed E-state index contributed by atoms with van der Waals surface area (Å²) in [6.45, 7) is 7.77. The molecule has 108 valence electrons. The van der Waals surface area contributed by atoms with Gasteiger partial charge in [-0.25, -0.2) is 0 Å². The van der Waals surface area contributed by atoms with Gasteiger partial charge in [0.25, 0.3) is 0 Å². The fourth-order valence-corrected chi connectivity index (χ4v) is 3.60. The van der Waals surface area contributed by atoms with Crippen molar-refractivity contribution in [1.29, 1.82) is 0 Å². The van der Waals surface area contributed by atoms with E-state index in [-0.39, 0.29) is 0 Å². The molecule has 3 nitrogen and oxygen atoms in total. The van der Waals surface area contributed by atoms with Crippen LogP contribution in [0.15, 0.2) is 34.9 Å². The van der Waals surface area contributed by atoms with Crippen LogP contribution >= 0.6 is 11.3 Å². The molecular formula is C16H22N2OS. The van der Waals surface area contributed by atoms with Crippen molar-refractivity contribution in [1.82, 2.24) is 4.90 Å². The summed E-state index contributed by atoms with van der Waals surface area (Å²) < 4.78 is 5.51. The molecule has 0 atom stereocenters. The summed E-state index contributed by atoms with van der Waals surface area (Å²) >= 11 is 1.87. The first kappa shape index (κ1) is 13.7. The van der Waals surface area contributed by atoms with E-state index in [1.807, 2.05) is 17.4 Å². The van der Waals surface area contributed by atoms with Crippen LogP contribution in [-0.2, 0) is 6.54 Å². The Hall–Kier alpha value is -1.26. The van der Waals surface area contributed by atoms with Crippen molar-refractivity contribution in [2.45, 2.75) is 26.3 Å². The highest BCUT2D eigenvalue weighted by atomic mass is 32.1. The van der Waals surface area contributed by atoms with Gasteiger partial charge in [-0.1, -0.05) is 0 Å². The molecule has 2 aromatic heterocycles. The predicted octanol–water partition coefficient (Wildman–Crippen LogP) is 3.75. The zero-order valence-corrected chi connectivity index (χ0v) is 12.9. The van der Waals surface area contributed by atoms with Gasteiger partial charge in [-0.05, 0) is 57.1 Å². The molecule has 0 aliphatic carbocycles. The molecule has 3 heterocycles. The second kappa shape index (κ2) is 6.46. The van der Waals surface area contributed by atoms with Crippen LogP contribution in [0.4, 0.5) is 5.00 Å². The van der Waals surface area contributed by atoms with Crippen LogP contribution in [0.3, 0.4) is 0 Å². The van der Waals surface area contributed by atoms with Crippen molar-refractivity contribution in [3.05, 3.63) is 41.2 Å². The first-order valence-corrected chi connectivity index (χ1v) is 8.19. The average molecular weight is 290 g/mol. The number of likely N-dealkylation sites (tertiary alicyclic amines) is 1. The van der Waals surface area contributed by atoms with Gasteiger partial charge >= 0.3 is 0 Å². The molecular weight excluding hydrogens is 268 g/mol. The molecule has 0 amide bonds. The Kier molecular flexibility index (Phi) is 4.43. The molecule has 1 aliphatic heterocycles. The Labute approximate surface area is 124 Å². The molecule has 1 saturated heterocycles. The molecule has 0 unspecified atom stereocenters. The summed E-state index contributed by atoms with van der Waals surface area (Å²) in [7, 11) is 0. The Balaban J connectivity index is 1.65. The minimum Gasteiger partial charge on any atom is -0.467 e.